The van der Waals surface area contributed by atoms with Gasteiger partial charge in [-0.1, -0.05) is 12.1 Å². The first kappa shape index (κ1) is 21.3. The molecule has 0 fully saturated rings. The number of ether oxygens (including phenoxy) is 3. The Morgan fingerprint density at radius 2 is 1.57 bits per heavy atom. The van der Waals surface area contributed by atoms with Crippen LogP contribution < -0.4 is 19.5 Å². The highest BCUT2D eigenvalue weighted by atomic mass is 16.5. The maximum absolute atomic E-state index is 12.8. The highest BCUT2D eigenvalue weighted by Crippen LogP contribution is 2.38. The maximum Gasteiger partial charge on any atom is 0.253 e. The predicted octanol–water partition coefficient (Wildman–Crippen LogP) is 4.56. The van der Waals surface area contributed by atoms with E-state index in [1.165, 1.54) is 11.1 Å². The average molecular weight is 408 g/mol. The van der Waals surface area contributed by atoms with Crippen LogP contribution >= 0.6 is 0 Å². The van der Waals surface area contributed by atoms with Crippen molar-refractivity contribution in [2.45, 2.75) is 27.3 Å². The van der Waals surface area contributed by atoms with Gasteiger partial charge in [0.2, 0.25) is 5.75 Å². The summed E-state index contributed by atoms with van der Waals surface area (Å²) in [6.45, 7) is 6.40. The van der Waals surface area contributed by atoms with Crippen LogP contribution in [0.1, 0.15) is 32.7 Å². The second kappa shape index (κ2) is 8.95. The summed E-state index contributed by atoms with van der Waals surface area (Å²) >= 11 is 0. The quantitative estimate of drug-likeness (QED) is 0.601. The fraction of sp³-hybridized carbons (Fsp3) is 0.292. The number of benzene rings is 2. The molecule has 1 aromatic heterocycles. The van der Waals surface area contributed by atoms with Crippen molar-refractivity contribution in [1.82, 2.24) is 10.3 Å². The molecule has 2 N–H and O–H groups in total. The van der Waals surface area contributed by atoms with Gasteiger partial charge >= 0.3 is 0 Å². The Kier molecular flexibility index (Phi) is 6.35. The maximum atomic E-state index is 12.8. The fourth-order valence-electron chi connectivity index (χ4n) is 3.37. The molecule has 3 rings (SSSR count). The standard InChI is InChI=1S/C24H28N2O4/c1-14-7-8-18(9-15(14)2)20-12-19(16(3)26-20)24(27)25-13-17-10-21(28-4)23(30-6)22(11-17)29-5/h7-12,26H,13H2,1-6H3,(H,25,27). The van der Waals surface area contributed by atoms with Gasteiger partial charge in [-0.15, -0.1) is 0 Å². The van der Waals surface area contributed by atoms with Gasteiger partial charge in [0, 0.05) is 17.9 Å². The topological polar surface area (TPSA) is 72.6 Å². The number of aromatic amines is 1. The molecule has 0 spiro atoms. The van der Waals surface area contributed by atoms with E-state index in [0.717, 1.165) is 22.5 Å². The largest absolute Gasteiger partial charge is 0.493 e. The van der Waals surface area contributed by atoms with Gasteiger partial charge in [0.15, 0.2) is 11.5 Å². The Hall–Kier alpha value is -3.41. The van der Waals surface area contributed by atoms with Crippen molar-refractivity contribution in [2.24, 2.45) is 0 Å². The number of hydrogen-bond donors (Lipinski definition) is 2. The number of methoxy groups -OCH3 is 3. The lowest BCUT2D eigenvalue weighted by Gasteiger charge is -2.14. The Morgan fingerprint density at radius 3 is 2.13 bits per heavy atom. The lowest BCUT2D eigenvalue weighted by molar-refractivity contribution is 0.0950. The number of carbonyl (C=O) groups is 1. The van der Waals surface area contributed by atoms with Crippen LogP contribution in [0.3, 0.4) is 0 Å². The molecule has 0 saturated carbocycles. The van der Waals surface area contributed by atoms with E-state index in [9.17, 15) is 4.79 Å². The van der Waals surface area contributed by atoms with Crippen molar-refractivity contribution >= 4 is 5.91 Å². The fourth-order valence-corrected chi connectivity index (χ4v) is 3.37. The minimum atomic E-state index is -0.146. The second-order valence-electron chi connectivity index (χ2n) is 7.24. The van der Waals surface area contributed by atoms with Crippen molar-refractivity contribution in [1.29, 1.82) is 0 Å². The zero-order valence-corrected chi connectivity index (χ0v) is 18.3. The number of nitrogens with one attached hydrogen (secondary N) is 2. The summed E-state index contributed by atoms with van der Waals surface area (Å²) in [5.41, 5.74) is 6.73. The molecule has 0 atom stereocenters. The van der Waals surface area contributed by atoms with E-state index in [1.54, 1.807) is 21.3 Å². The first-order chi connectivity index (χ1) is 14.4. The third-order valence-corrected chi connectivity index (χ3v) is 5.25. The molecule has 0 unspecified atom stereocenters. The monoisotopic (exact) mass is 408 g/mol. The molecule has 2 aromatic carbocycles. The van der Waals surface area contributed by atoms with Crippen molar-refractivity contribution in [3.8, 4) is 28.5 Å². The van der Waals surface area contributed by atoms with E-state index >= 15 is 0 Å². The number of aryl methyl sites for hydroxylation is 3. The average Bonchev–Trinajstić information content (AvgIpc) is 3.14. The number of amides is 1. The Morgan fingerprint density at radius 1 is 0.900 bits per heavy atom. The zero-order valence-electron chi connectivity index (χ0n) is 18.3. The summed E-state index contributed by atoms with van der Waals surface area (Å²) in [5.74, 6) is 1.48. The van der Waals surface area contributed by atoms with E-state index in [4.69, 9.17) is 14.2 Å². The van der Waals surface area contributed by atoms with E-state index in [0.29, 0.717) is 29.4 Å². The van der Waals surface area contributed by atoms with Gasteiger partial charge in [0.1, 0.15) is 0 Å². The van der Waals surface area contributed by atoms with Crippen molar-refractivity contribution in [3.05, 3.63) is 64.3 Å². The van der Waals surface area contributed by atoms with Crippen molar-refractivity contribution in [3.63, 3.8) is 0 Å². The van der Waals surface area contributed by atoms with Gasteiger partial charge in [-0.05, 0) is 67.3 Å². The summed E-state index contributed by atoms with van der Waals surface area (Å²) in [6, 6.07) is 11.8. The molecule has 30 heavy (non-hydrogen) atoms. The number of aromatic nitrogens is 1. The van der Waals surface area contributed by atoms with Crippen molar-refractivity contribution in [2.75, 3.05) is 21.3 Å². The van der Waals surface area contributed by atoms with Crippen LogP contribution in [0.15, 0.2) is 36.4 Å². The minimum Gasteiger partial charge on any atom is -0.493 e. The third kappa shape index (κ3) is 4.27. The van der Waals surface area contributed by atoms with E-state index < -0.39 is 0 Å². The van der Waals surface area contributed by atoms with Crippen LogP contribution in [0, 0.1) is 20.8 Å². The van der Waals surface area contributed by atoms with Gasteiger partial charge in [0.25, 0.3) is 5.91 Å². The van der Waals surface area contributed by atoms with Crippen LogP contribution in [0.5, 0.6) is 17.2 Å². The van der Waals surface area contributed by atoms with Crippen LogP contribution in [0.25, 0.3) is 11.3 Å². The summed E-state index contributed by atoms with van der Waals surface area (Å²) in [7, 11) is 4.69. The molecule has 1 heterocycles. The van der Waals surface area contributed by atoms with Gasteiger partial charge in [-0.2, -0.15) is 0 Å². The lowest BCUT2D eigenvalue weighted by Crippen LogP contribution is -2.23. The Labute approximate surface area is 177 Å². The summed E-state index contributed by atoms with van der Waals surface area (Å²) in [4.78, 5) is 16.1. The molecule has 0 radical (unpaired) electrons. The van der Waals surface area contributed by atoms with Gasteiger partial charge in [0.05, 0.1) is 26.9 Å². The molecule has 0 bridgehead atoms. The highest BCUT2D eigenvalue weighted by molar-refractivity contribution is 5.96. The SMILES string of the molecule is COc1cc(CNC(=O)c2cc(-c3ccc(C)c(C)c3)[nH]c2C)cc(OC)c1OC. The zero-order chi connectivity index (χ0) is 21.8. The molecule has 0 aliphatic carbocycles. The molecule has 0 saturated heterocycles. The van der Waals surface area contributed by atoms with E-state index in [1.807, 2.05) is 25.1 Å². The normalized spacial score (nSPS) is 10.6. The smallest absolute Gasteiger partial charge is 0.253 e. The first-order valence-corrected chi connectivity index (χ1v) is 9.72. The van der Waals surface area contributed by atoms with Gasteiger partial charge in [-0.25, -0.2) is 0 Å². The van der Waals surface area contributed by atoms with Crippen molar-refractivity contribution < 1.29 is 19.0 Å². The Balaban J connectivity index is 1.79. The summed E-state index contributed by atoms with van der Waals surface area (Å²) in [6.07, 6.45) is 0. The molecule has 6 heteroatoms. The van der Waals surface area contributed by atoms with Gasteiger partial charge < -0.3 is 24.5 Å². The first-order valence-electron chi connectivity index (χ1n) is 9.72. The molecule has 3 aromatic rings. The van der Waals surface area contributed by atoms with Crippen LogP contribution in [-0.4, -0.2) is 32.2 Å². The van der Waals surface area contributed by atoms with Crippen LogP contribution in [0.2, 0.25) is 0 Å². The second-order valence-corrected chi connectivity index (χ2v) is 7.24. The summed E-state index contributed by atoms with van der Waals surface area (Å²) in [5, 5.41) is 2.97. The molecular formula is C24H28N2O4. The molecule has 1 amide bonds. The molecule has 0 aliphatic heterocycles. The Bertz CT molecular complexity index is 1040. The minimum absolute atomic E-state index is 0.146. The van der Waals surface area contributed by atoms with E-state index in [-0.39, 0.29) is 5.91 Å². The predicted molar refractivity (Wildman–Crippen MR) is 118 cm³/mol. The number of hydrogen-bond acceptors (Lipinski definition) is 4. The number of H-pyrrole nitrogens is 1. The molecular weight excluding hydrogens is 380 g/mol. The van der Waals surface area contributed by atoms with E-state index in [2.05, 4.69) is 42.3 Å². The van der Waals surface area contributed by atoms with Gasteiger partial charge in [-0.3, -0.25) is 4.79 Å². The molecule has 158 valence electrons. The molecule has 6 nitrogen and oxygen atoms in total. The van der Waals surface area contributed by atoms with Crippen LogP contribution in [-0.2, 0) is 6.54 Å². The highest BCUT2D eigenvalue weighted by Gasteiger charge is 2.16. The molecule has 0 aliphatic rings. The number of carbonyl (C=O) groups excluding carboxylic acids is 1. The number of rotatable bonds is 7. The van der Waals surface area contributed by atoms with Crippen LogP contribution in [0.4, 0.5) is 0 Å². The summed E-state index contributed by atoms with van der Waals surface area (Å²) < 4.78 is 16.1. The third-order valence-electron chi connectivity index (χ3n) is 5.25. The lowest BCUT2D eigenvalue weighted by atomic mass is 10.0.